The van der Waals surface area contributed by atoms with Crippen LogP contribution in [0.3, 0.4) is 0 Å². The summed E-state index contributed by atoms with van der Waals surface area (Å²) < 4.78 is 19.8. The first kappa shape index (κ1) is 21.3. The Kier molecular flexibility index (Phi) is 6.54. The molecule has 0 bridgehead atoms. The highest BCUT2D eigenvalue weighted by Gasteiger charge is 2.25. The van der Waals surface area contributed by atoms with Gasteiger partial charge >= 0.3 is 0 Å². The Labute approximate surface area is 182 Å². The van der Waals surface area contributed by atoms with Gasteiger partial charge in [0.2, 0.25) is 0 Å². The molecule has 2 saturated heterocycles. The van der Waals surface area contributed by atoms with Crippen molar-refractivity contribution in [2.75, 3.05) is 32.8 Å². The van der Waals surface area contributed by atoms with Gasteiger partial charge in [0.15, 0.2) is 0 Å². The Morgan fingerprint density at radius 3 is 2.29 bits per heavy atom. The number of ether oxygens (including phenoxy) is 1. The summed E-state index contributed by atoms with van der Waals surface area (Å²) in [5.41, 5.74) is 1.62. The second-order valence-corrected chi connectivity index (χ2v) is 8.56. The van der Waals surface area contributed by atoms with E-state index < -0.39 is 0 Å². The monoisotopic (exact) mass is 424 g/mol. The van der Waals surface area contributed by atoms with Gasteiger partial charge in [0.05, 0.1) is 6.61 Å². The van der Waals surface area contributed by atoms with Crippen LogP contribution in [-0.4, -0.2) is 54.4 Å². The van der Waals surface area contributed by atoms with E-state index in [1.165, 1.54) is 6.07 Å². The van der Waals surface area contributed by atoms with E-state index in [0.29, 0.717) is 36.4 Å². The van der Waals surface area contributed by atoms with E-state index in [1.54, 1.807) is 24.0 Å². The van der Waals surface area contributed by atoms with Crippen molar-refractivity contribution in [2.24, 2.45) is 5.92 Å². The molecule has 0 radical (unpaired) electrons. The molecule has 4 rings (SSSR count). The Morgan fingerprint density at radius 1 is 0.935 bits per heavy atom. The number of nitrogens with zero attached hydrogens (tertiary/aromatic N) is 2. The summed E-state index contributed by atoms with van der Waals surface area (Å²) in [6, 6.07) is 12.0. The van der Waals surface area contributed by atoms with Gasteiger partial charge in [0, 0.05) is 43.2 Å². The SMILES string of the molecule is Cc1ccc(C(=O)N2CCCC(COc3ccc(C(=O)N4CCCC4)cc3)C2)cc1F. The van der Waals surface area contributed by atoms with E-state index in [-0.39, 0.29) is 23.5 Å². The van der Waals surface area contributed by atoms with Crippen molar-refractivity contribution in [3.63, 3.8) is 0 Å². The number of piperidine rings is 1. The van der Waals surface area contributed by atoms with E-state index in [1.807, 2.05) is 29.2 Å². The number of carbonyl (C=O) groups is 2. The molecule has 2 aliphatic heterocycles. The van der Waals surface area contributed by atoms with Gasteiger partial charge in [-0.15, -0.1) is 0 Å². The lowest BCUT2D eigenvalue weighted by Gasteiger charge is -2.32. The summed E-state index contributed by atoms with van der Waals surface area (Å²) in [6.45, 7) is 5.14. The van der Waals surface area contributed by atoms with E-state index in [0.717, 1.165) is 44.5 Å². The molecular weight excluding hydrogens is 395 g/mol. The Balaban J connectivity index is 1.31. The number of amides is 2. The van der Waals surface area contributed by atoms with Crippen LogP contribution in [0.2, 0.25) is 0 Å². The van der Waals surface area contributed by atoms with Crippen molar-refractivity contribution in [2.45, 2.75) is 32.6 Å². The molecule has 31 heavy (non-hydrogen) atoms. The zero-order valence-corrected chi connectivity index (χ0v) is 18.0. The standard InChI is InChI=1S/C25H29FN2O3/c1-18-6-7-21(15-23(18)26)25(30)28-14-4-5-19(16-28)17-31-22-10-8-20(9-11-22)24(29)27-12-2-3-13-27/h6-11,15,19H,2-5,12-14,16-17H2,1H3. The molecule has 0 spiro atoms. The molecule has 6 heteroatoms. The fourth-order valence-corrected chi connectivity index (χ4v) is 4.30. The maximum absolute atomic E-state index is 13.8. The molecule has 0 saturated carbocycles. The van der Waals surface area contributed by atoms with Gasteiger partial charge in [-0.3, -0.25) is 9.59 Å². The van der Waals surface area contributed by atoms with Gasteiger partial charge in [0.25, 0.3) is 11.8 Å². The Morgan fingerprint density at radius 2 is 1.58 bits per heavy atom. The molecule has 164 valence electrons. The molecule has 0 aromatic heterocycles. The second kappa shape index (κ2) is 9.50. The highest BCUT2D eigenvalue weighted by molar-refractivity contribution is 5.95. The molecule has 2 heterocycles. The highest BCUT2D eigenvalue weighted by atomic mass is 19.1. The quantitative estimate of drug-likeness (QED) is 0.719. The lowest BCUT2D eigenvalue weighted by molar-refractivity contribution is 0.0632. The molecule has 0 aliphatic carbocycles. The predicted octanol–water partition coefficient (Wildman–Crippen LogP) is 4.30. The number of aryl methyl sites for hydroxylation is 1. The molecule has 5 nitrogen and oxygen atoms in total. The van der Waals surface area contributed by atoms with Gasteiger partial charge in [-0.05, 0) is 74.6 Å². The predicted molar refractivity (Wildman–Crippen MR) is 117 cm³/mol. The average Bonchev–Trinajstić information content (AvgIpc) is 3.34. The third-order valence-electron chi connectivity index (χ3n) is 6.21. The van der Waals surface area contributed by atoms with Crippen LogP contribution in [0.5, 0.6) is 5.75 Å². The normalized spacial score (nSPS) is 18.8. The number of hydrogen-bond donors (Lipinski definition) is 0. The third-order valence-corrected chi connectivity index (χ3v) is 6.21. The molecule has 0 N–H and O–H groups in total. The number of hydrogen-bond acceptors (Lipinski definition) is 3. The van der Waals surface area contributed by atoms with Gasteiger partial charge in [-0.25, -0.2) is 4.39 Å². The minimum Gasteiger partial charge on any atom is -0.493 e. The van der Waals surface area contributed by atoms with Crippen LogP contribution in [0.25, 0.3) is 0 Å². The first-order chi connectivity index (χ1) is 15.0. The number of benzene rings is 2. The van der Waals surface area contributed by atoms with Gasteiger partial charge < -0.3 is 14.5 Å². The van der Waals surface area contributed by atoms with Crippen LogP contribution >= 0.6 is 0 Å². The van der Waals surface area contributed by atoms with E-state index in [4.69, 9.17) is 4.74 Å². The lowest BCUT2D eigenvalue weighted by Crippen LogP contribution is -2.41. The lowest BCUT2D eigenvalue weighted by atomic mass is 9.98. The number of carbonyl (C=O) groups excluding carboxylic acids is 2. The summed E-state index contributed by atoms with van der Waals surface area (Å²) >= 11 is 0. The summed E-state index contributed by atoms with van der Waals surface area (Å²) in [5.74, 6) is 0.543. The molecule has 2 aromatic rings. The van der Waals surface area contributed by atoms with E-state index in [2.05, 4.69) is 0 Å². The molecule has 2 aliphatic rings. The van der Waals surface area contributed by atoms with Crippen LogP contribution in [0.1, 0.15) is 52.0 Å². The number of halogens is 1. The Bertz CT molecular complexity index is 938. The largest absolute Gasteiger partial charge is 0.493 e. The van der Waals surface area contributed by atoms with Crippen molar-refractivity contribution in [1.82, 2.24) is 9.80 Å². The maximum Gasteiger partial charge on any atom is 0.253 e. The first-order valence-electron chi connectivity index (χ1n) is 11.1. The first-order valence-corrected chi connectivity index (χ1v) is 11.1. The fraction of sp³-hybridized carbons (Fsp3) is 0.440. The Hall–Kier alpha value is -2.89. The minimum absolute atomic E-state index is 0.0815. The molecule has 2 amide bonds. The second-order valence-electron chi connectivity index (χ2n) is 8.56. The third kappa shape index (κ3) is 5.06. The molecule has 2 fully saturated rings. The minimum atomic E-state index is -0.352. The highest BCUT2D eigenvalue weighted by Crippen LogP contribution is 2.22. The van der Waals surface area contributed by atoms with Crippen molar-refractivity contribution < 1.29 is 18.7 Å². The molecule has 2 aromatic carbocycles. The van der Waals surface area contributed by atoms with Crippen molar-refractivity contribution in [3.05, 3.63) is 65.0 Å². The van der Waals surface area contributed by atoms with Crippen LogP contribution < -0.4 is 4.74 Å². The maximum atomic E-state index is 13.8. The summed E-state index contributed by atoms with van der Waals surface area (Å²) in [5, 5.41) is 0. The summed E-state index contributed by atoms with van der Waals surface area (Å²) in [4.78, 5) is 28.9. The van der Waals surface area contributed by atoms with Crippen molar-refractivity contribution >= 4 is 11.8 Å². The van der Waals surface area contributed by atoms with Gasteiger partial charge in [-0.1, -0.05) is 6.07 Å². The summed E-state index contributed by atoms with van der Waals surface area (Å²) in [6.07, 6.45) is 4.04. The van der Waals surface area contributed by atoms with Gasteiger partial charge in [0.1, 0.15) is 11.6 Å². The number of likely N-dealkylation sites (tertiary alicyclic amines) is 2. The van der Waals surface area contributed by atoms with Crippen LogP contribution in [0.15, 0.2) is 42.5 Å². The van der Waals surface area contributed by atoms with Crippen LogP contribution in [0, 0.1) is 18.7 Å². The molecular formula is C25H29FN2O3. The van der Waals surface area contributed by atoms with Crippen molar-refractivity contribution in [3.8, 4) is 5.75 Å². The number of rotatable bonds is 5. The fourth-order valence-electron chi connectivity index (χ4n) is 4.30. The van der Waals surface area contributed by atoms with E-state index in [9.17, 15) is 14.0 Å². The van der Waals surface area contributed by atoms with Crippen molar-refractivity contribution in [1.29, 1.82) is 0 Å². The molecule has 1 unspecified atom stereocenters. The molecule has 1 atom stereocenters. The topological polar surface area (TPSA) is 49.9 Å². The van der Waals surface area contributed by atoms with Crippen LogP contribution in [-0.2, 0) is 0 Å². The van der Waals surface area contributed by atoms with Crippen LogP contribution in [0.4, 0.5) is 4.39 Å². The van der Waals surface area contributed by atoms with Gasteiger partial charge in [-0.2, -0.15) is 0 Å². The van der Waals surface area contributed by atoms with E-state index >= 15 is 0 Å². The smallest absolute Gasteiger partial charge is 0.253 e. The zero-order chi connectivity index (χ0) is 21.8. The zero-order valence-electron chi connectivity index (χ0n) is 18.0. The summed E-state index contributed by atoms with van der Waals surface area (Å²) in [7, 11) is 0. The average molecular weight is 425 g/mol.